The number of carbonyl (C=O) groups is 1. The molecule has 24 atom stereocenters. The van der Waals surface area contributed by atoms with Gasteiger partial charge in [0.2, 0.25) is 0 Å². The Kier molecular flexibility index (Phi) is 12.0. The maximum atomic E-state index is 12.5. The van der Waals surface area contributed by atoms with Gasteiger partial charge < -0.3 is 83.9 Å². The molecule has 9 N–H and O–H groups in total. The van der Waals surface area contributed by atoms with Crippen molar-refractivity contribution in [2.45, 2.75) is 203 Å². The molecule has 4 aliphatic heterocycles. The highest BCUT2D eigenvalue weighted by atomic mass is 16.8. The Hall–Kier alpha value is -0.970. The van der Waals surface area contributed by atoms with Crippen LogP contribution in [0.1, 0.15) is 106 Å². The van der Waals surface area contributed by atoms with E-state index >= 15 is 0 Å². The first-order valence-corrected chi connectivity index (χ1v) is 23.6. The number of aldehydes is 1. The van der Waals surface area contributed by atoms with E-state index in [0.717, 1.165) is 57.7 Å². The lowest BCUT2D eigenvalue weighted by Gasteiger charge is -2.75. The van der Waals surface area contributed by atoms with Crippen molar-refractivity contribution in [3.05, 3.63) is 0 Å². The molecule has 5 saturated carbocycles. The molecule has 0 amide bonds. The molecule has 2 bridgehead atoms. The monoisotopic (exact) mass is 898 g/mol. The minimum absolute atomic E-state index is 0.0623. The summed E-state index contributed by atoms with van der Waals surface area (Å²) in [5.74, 6) is 0.737. The molecule has 0 unspecified atom stereocenters. The zero-order chi connectivity index (χ0) is 45.4. The summed E-state index contributed by atoms with van der Waals surface area (Å²) in [5.41, 5.74) is -1.95. The highest BCUT2D eigenvalue weighted by molar-refractivity contribution is 5.59. The van der Waals surface area contributed by atoms with Crippen molar-refractivity contribution in [1.29, 1.82) is 0 Å². The van der Waals surface area contributed by atoms with E-state index in [0.29, 0.717) is 25.4 Å². The fourth-order valence-corrected chi connectivity index (χ4v) is 15.9. The standard InChI is InChI=1S/C46H74O17/c1-40(2)25-7-11-43(5)26(8-12-46-27-15-41(3,20-48)13-14-45(27,21-59-46)28(50)16-44(43,46)6)42(25,4)10-9-29(40)62-37-35(56)32(53)24(19-58-37)61-39-36(33(54)31(52)23(17-47)60-39)63-38-34(55)30(51)22(49)18-57-38/h20,22-39,47,49-56H,7-19,21H2,1-6H3/t22-,23-,24+,25+,26-,27-,28-,29+,30+,31-,32+,33+,34-,35-,36-,37+,38+,39+,41+,42+,43-,44+,45-,46+/m1/s1. The summed E-state index contributed by atoms with van der Waals surface area (Å²) in [5, 5.41) is 97.3. The number of hydrogen-bond acceptors (Lipinski definition) is 17. The van der Waals surface area contributed by atoms with Gasteiger partial charge >= 0.3 is 0 Å². The Morgan fingerprint density at radius 2 is 1.33 bits per heavy atom. The van der Waals surface area contributed by atoms with Gasteiger partial charge in [-0.3, -0.25) is 0 Å². The zero-order valence-corrected chi connectivity index (χ0v) is 37.7. The molecule has 5 aliphatic carbocycles. The van der Waals surface area contributed by atoms with Crippen molar-refractivity contribution in [3.8, 4) is 0 Å². The van der Waals surface area contributed by atoms with Crippen LogP contribution < -0.4 is 0 Å². The second-order valence-electron chi connectivity index (χ2n) is 23.0. The van der Waals surface area contributed by atoms with Gasteiger partial charge in [-0.2, -0.15) is 0 Å². The summed E-state index contributed by atoms with van der Waals surface area (Å²) < 4.78 is 42.8. The molecule has 4 saturated heterocycles. The number of rotatable bonds is 8. The van der Waals surface area contributed by atoms with Gasteiger partial charge in [0.05, 0.1) is 44.2 Å². The molecular formula is C46H74O17. The van der Waals surface area contributed by atoms with Crippen molar-refractivity contribution in [3.63, 3.8) is 0 Å². The van der Waals surface area contributed by atoms with E-state index in [1.54, 1.807) is 0 Å². The summed E-state index contributed by atoms with van der Waals surface area (Å²) in [6, 6.07) is 0. The Morgan fingerprint density at radius 1 is 0.651 bits per heavy atom. The number of ether oxygens (including phenoxy) is 7. The van der Waals surface area contributed by atoms with Gasteiger partial charge in [0.25, 0.3) is 0 Å². The molecule has 0 aromatic carbocycles. The van der Waals surface area contributed by atoms with E-state index < -0.39 is 110 Å². The lowest BCUT2D eigenvalue weighted by molar-refractivity contribution is -0.378. The maximum Gasteiger partial charge on any atom is 0.187 e. The van der Waals surface area contributed by atoms with Crippen LogP contribution in [0, 0.1) is 50.2 Å². The smallest absolute Gasteiger partial charge is 0.187 e. The van der Waals surface area contributed by atoms with E-state index in [1.807, 2.05) is 0 Å². The minimum Gasteiger partial charge on any atom is -0.394 e. The molecule has 4 heterocycles. The number of aliphatic hydroxyl groups is 9. The average molecular weight is 899 g/mol. The summed E-state index contributed by atoms with van der Waals surface area (Å²) in [6.45, 7) is 13.0. The summed E-state index contributed by atoms with van der Waals surface area (Å²) in [7, 11) is 0. The van der Waals surface area contributed by atoms with Crippen LogP contribution in [-0.4, -0.2) is 176 Å². The Balaban J connectivity index is 0.881. The van der Waals surface area contributed by atoms with Crippen molar-refractivity contribution in [2.75, 3.05) is 26.4 Å². The van der Waals surface area contributed by atoms with Crippen molar-refractivity contribution < 1.29 is 83.9 Å². The number of aliphatic hydroxyl groups excluding tert-OH is 9. The first-order valence-electron chi connectivity index (χ1n) is 23.6. The topological polar surface area (TPSA) is 264 Å². The lowest BCUT2D eigenvalue weighted by Crippen LogP contribution is -2.74. The highest BCUT2D eigenvalue weighted by Crippen LogP contribution is 2.80. The summed E-state index contributed by atoms with van der Waals surface area (Å²) >= 11 is 0. The SMILES string of the molecule is CC1(C)[C@@H](O[C@@H]2OC[C@H](O[C@@H]3O[C@H](CO)[C@@H](O)[C@H](O)[C@H]3O[C@@H]3OC[C@@H](O)[C@H](O)[C@H]3O)[C@H](O)[C@H]2O)CC[C@]2(C)[C@H]3CC[C@]45OC[C@@]6(CC[C@](C)(C=O)C[C@H]64)[C@H](O)C[C@@]5(C)[C@]3(C)CC[C@@H]12. The average Bonchev–Trinajstić information content (AvgIpc) is 3.52. The molecule has 0 aromatic rings. The maximum absolute atomic E-state index is 12.5. The third-order valence-electron chi connectivity index (χ3n) is 19.8. The highest BCUT2D eigenvalue weighted by Gasteiger charge is 2.80. The molecule has 9 rings (SSSR count). The first-order chi connectivity index (χ1) is 29.6. The molecule has 360 valence electrons. The third kappa shape index (κ3) is 6.71. The molecule has 17 nitrogen and oxygen atoms in total. The van der Waals surface area contributed by atoms with Gasteiger partial charge in [0, 0.05) is 16.2 Å². The van der Waals surface area contributed by atoms with Gasteiger partial charge in [-0.1, -0.05) is 41.5 Å². The molecular weight excluding hydrogens is 824 g/mol. The minimum atomic E-state index is -1.75. The van der Waals surface area contributed by atoms with Crippen LogP contribution in [0.25, 0.3) is 0 Å². The van der Waals surface area contributed by atoms with Crippen LogP contribution in [-0.2, 0) is 38.0 Å². The largest absolute Gasteiger partial charge is 0.394 e. The van der Waals surface area contributed by atoms with E-state index in [2.05, 4.69) is 41.5 Å². The van der Waals surface area contributed by atoms with E-state index in [1.165, 1.54) is 0 Å². The van der Waals surface area contributed by atoms with Gasteiger partial charge in [-0.25, -0.2) is 0 Å². The molecule has 17 heteroatoms. The fraction of sp³-hybridized carbons (Fsp3) is 0.978. The van der Waals surface area contributed by atoms with Gasteiger partial charge in [-0.15, -0.1) is 0 Å². The Labute approximate surface area is 369 Å². The van der Waals surface area contributed by atoms with Crippen molar-refractivity contribution >= 4 is 6.29 Å². The van der Waals surface area contributed by atoms with Crippen LogP contribution in [0.4, 0.5) is 0 Å². The quantitative estimate of drug-likeness (QED) is 0.117. The molecule has 63 heavy (non-hydrogen) atoms. The van der Waals surface area contributed by atoms with Crippen LogP contribution in [0.2, 0.25) is 0 Å². The third-order valence-corrected chi connectivity index (χ3v) is 19.8. The van der Waals surface area contributed by atoms with Crippen LogP contribution in [0.5, 0.6) is 0 Å². The van der Waals surface area contributed by atoms with Gasteiger partial charge in [0.1, 0.15) is 67.3 Å². The predicted molar refractivity (Wildman–Crippen MR) is 218 cm³/mol. The zero-order valence-electron chi connectivity index (χ0n) is 37.7. The number of fused-ring (bicyclic) bond motifs is 4. The Bertz CT molecular complexity index is 1700. The second kappa shape index (κ2) is 16.1. The van der Waals surface area contributed by atoms with E-state index in [4.69, 9.17) is 33.2 Å². The van der Waals surface area contributed by atoms with Crippen LogP contribution in [0.3, 0.4) is 0 Å². The van der Waals surface area contributed by atoms with Crippen LogP contribution >= 0.6 is 0 Å². The fourth-order valence-electron chi connectivity index (χ4n) is 15.9. The second-order valence-corrected chi connectivity index (χ2v) is 23.0. The van der Waals surface area contributed by atoms with Crippen LogP contribution in [0.15, 0.2) is 0 Å². The normalized spacial score (nSPS) is 58.8. The van der Waals surface area contributed by atoms with Crippen molar-refractivity contribution in [1.82, 2.24) is 0 Å². The Morgan fingerprint density at radius 3 is 2.05 bits per heavy atom. The van der Waals surface area contributed by atoms with E-state index in [-0.39, 0.29) is 51.6 Å². The molecule has 9 fully saturated rings. The number of hydrogen-bond donors (Lipinski definition) is 9. The van der Waals surface area contributed by atoms with Gasteiger partial charge in [-0.05, 0) is 98.2 Å². The molecule has 0 aromatic heterocycles. The summed E-state index contributed by atoms with van der Waals surface area (Å²) in [6.07, 6.45) is -11.1. The molecule has 1 spiro atoms. The molecule has 9 aliphatic rings. The van der Waals surface area contributed by atoms with Crippen molar-refractivity contribution in [2.24, 2.45) is 50.2 Å². The predicted octanol–water partition coefficient (Wildman–Crippen LogP) is 0.282. The van der Waals surface area contributed by atoms with E-state index in [9.17, 15) is 50.8 Å². The molecule has 0 radical (unpaired) electrons. The summed E-state index contributed by atoms with van der Waals surface area (Å²) in [4.78, 5) is 12.5. The number of carbonyl (C=O) groups excluding carboxylic acids is 1. The first kappa shape index (κ1) is 47.1. The lowest BCUT2D eigenvalue weighted by atomic mass is 9.30. The van der Waals surface area contributed by atoms with Gasteiger partial charge in [0.15, 0.2) is 18.9 Å².